The number of ether oxygens (including phenoxy) is 1. The molecule has 1 N–H and O–H groups in total. The third-order valence-electron chi connectivity index (χ3n) is 3.19. The van der Waals surface area contributed by atoms with E-state index in [0.717, 1.165) is 18.8 Å². The fourth-order valence-corrected chi connectivity index (χ4v) is 3.69. The molecule has 0 radical (unpaired) electrons. The van der Waals surface area contributed by atoms with E-state index in [1.807, 2.05) is 11.8 Å². The van der Waals surface area contributed by atoms with Crippen molar-refractivity contribution in [2.24, 2.45) is 0 Å². The summed E-state index contributed by atoms with van der Waals surface area (Å²) >= 11 is 1.93. The molecule has 3 atom stereocenters. The van der Waals surface area contributed by atoms with E-state index in [0.29, 0.717) is 11.4 Å². The van der Waals surface area contributed by atoms with Crippen LogP contribution in [0.2, 0.25) is 0 Å². The number of rotatable bonds is 3. The molecule has 1 saturated heterocycles. The molecule has 0 amide bonds. The van der Waals surface area contributed by atoms with Crippen molar-refractivity contribution < 1.29 is 9.84 Å². The van der Waals surface area contributed by atoms with Gasteiger partial charge in [0.2, 0.25) is 0 Å². The van der Waals surface area contributed by atoms with E-state index >= 15 is 0 Å². The molecule has 1 saturated carbocycles. The fraction of sp³-hybridized carbons (Fsp3) is 1.00. The lowest BCUT2D eigenvalue weighted by Gasteiger charge is -2.27. The standard InChI is InChI=1S/C11H20O2S/c12-10-5-1-2-6-11(10)14-8-9-4-3-7-13-9/h9-12H,1-8H2/t9?,10-,11-/m1/s1. The van der Waals surface area contributed by atoms with E-state index in [-0.39, 0.29) is 6.10 Å². The Labute approximate surface area is 90.4 Å². The lowest BCUT2D eigenvalue weighted by Crippen LogP contribution is -2.28. The Balaban J connectivity index is 1.67. The van der Waals surface area contributed by atoms with E-state index in [2.05, 4.69) is 0 Å². The van der Waals surface area contributed by atoms with Crippen molar-refractivity contribution in [2.45, 2.75) is 56.0 Å². The second-order valence-electron chi connectivity index (χ2n) is 4.36. The lowest BCUT2D eigenvalue weighted by molar-refractivity contribution is 0.125. The second-order valence-corrected chi connectivity index (χ2v) is 5.63. The Bertz CT molecular complexity index is 169. The number of aliphatic hydroxyl groups is 1. The minimum Gasteiger partial charge on any atom is -0.392 e. The van der Waals surface area contributed by atoms with Gasteiger partial charge in [-0.05, 0) is 25.7 Å². The molecule has 82 valence electrons. The second kappa shape index (κ2) is 5.38. The van der Waals surface area contributed by atoms with Gasteiger partial charge in [-0.1, -0.05) is 12.8 Å². The molecule has 2 aliphatic rings. The van der Waals surface area contributed by atoms with E-state index < -0.39 is 0 Å². The Kier molecular flexibility index (Phi) is 4.14. The first-order chi connectivity index (χ1) is 6.86. The zero-order valence-electron chi connectivity index (χ0n) is 8.65. The molecule has 0 aromatic heterocycles. The zero-order chi connectivity index (χ0) is 9.80. The molecule has 1 aliphatic carbocycles. The van der Waals surface area contributed by atoms with Gasteiger partial charge < -0.3 is 9.84 Å². The van der Waals surface area contributed by atoms with Crippen molar-refractivity contribution in [3.63, 3.8) is 0 Å². The first-order valence-corrected chi connectivity index (χ1v) is 6.82. The van der Waals surface area contributed by atoms with Gasteiger partial charge in [0.05, 0.1) is 12.2 Å². The van der Waals surface area contributed by atoms with Crippen molar-refractivity contribution in [3.05, 3.63) is 0 Å². The van der Waals surface area contributed by atoms with Crippen LogP contribution in [-0.4, -0.2) is 34.9 Å². The predicted molar refractivity (Wildman–Crippen MR) is 59.7 cm³/mol. The summed E-state index contributed by atoms with van der Waals surface area (Å²) < 4.78 is 5.58. The molecule has 2 fully saturated rings. The van der Waals surface area contributed by atoms with Gasteiger partial charge in [0, 0.05) is 17.6 Å². The van der Waals surface area contributed by atoms with Crippen LogP contribution >= 0.6 is 11.8 Å². The highest BCUT2D eigenvalue weighted by molar-refractivity contribution is 8.00. The number of thioether (sulfide) groups is 1. The minimum atomic E-state index is -0.0600. The normalized spacial score (nSPS) is 38.8. The fourth-order valence-electron chi connectivity index (χ4n) is 2.28. The van der Waals surface area contributed by atoms with E-state index in [1.165, 1.54) is 32.1 Å². The van der Waals surface area contributed by atoms with Crippen LogP contribution in [0, 0.1) is 0 Å². The molecule has 2 rings (SSSR count). The number of hydrogen-bond acceptors (Lipinski definition) is 3. The first kappa shape index (κ1) is 10.8. The summed E-state index contributed by atoms with van der Waals surface area (Å²) in [5.41, 5.74) is 0. The quantitative estimate of drug-likeness (QED) is 0.784. The third-order valence-corrected chi connectivity index (χ3v) is 4.73. The van der Waals surface area contributed by atoms with Crippen LogP contribution in [0.1, 0.15) is 38.5 Å². The highest BCUT2D eigenvalue weighted by atomic mass is 32.2. The van der Waals surface area contributed by atoms with Crippen LogP contribution in [0.5, 0.6) is 0 Å². The highest BCUT2D eigenvalue weighted by Gasteiger charge is 2.25. The summed E-state index contributed by atoms with van der Waals surface area (Å²) in [6.45, 7) is 0.943. The number of hydrogen-bond donors (Lipinski definition) is 1. The molecule has 14 heavy (non-hydrogen) atoms. The SMILES string of the molecule is O[C@@H]1CCCC[C@H]1SCC1CCCO1. The van der Waals surface area contributed by atoms with Crippen LogP contribution in [0.15, 0.2) is 0 Å². The van der Waals surface area contributed by atoms with Crippen molar-refractivity contribution >= 4 is 11.8 Å². The van der Waals surface area contributed by atoms with Crippen molar-refractivity contribution in [2.75, 3.05) is 12.4 Å². The third kappa shape index (κ3) is 2.88. The molecule has 1 heterocycles. The van der Waals surface area contributed by atoms with Crippen molar-refractivity contribution in [1.82, 2.24) is 0 Å². The molecular weight excluding hydrogens is 196 g/mol. The summed E-state index contributed by atoms with van der Waals surface area (Å²) in [5.74, 6) is 1.09. The summed E-state index contributed by atoms with van der Waals surface area (Å²) in [4.78, 5) is 0. The zero-order valence-corrected chi connectivity index (χ0v) is 9.47. The maximum absolute atomic E-state index is 9.78. The molecule has 0 spiro atoms. The van der Waals surface area contributed by atoms with Crippen LogP contribution in [0.4, 0.5) is 0 Å². The van der Waals surface area contributed by atoms with Crippen molar-refractivity contribution in [1.29, 1.82) is 0 Å². The molecule has 0 bridgehead atoms. The maximum Gasteiger partial charge on any atom is 0.0666 e. The molecular formula is C11H20O2S. The van der Waals surface area contributed by atoms with Gasteiger partial charge in [-0.15, -0.1) is 0 Å². The highest BCUT2D eigenvalue weighted by Crippen LogP contribution is 2.30. The molecule has 1 aliphatic heterocycles. The number of aliphatic hydroxyl groups excluding tert-OH is 1. The Morgan fingerprint density at radius 2 is 2.00 bits per heavy atom. The summed E-state index contributed by atoms with van der Waals surface area (Å²) in [6.07, 6.45) is 7.54. The van der Waals surface area contributed by atoms with E-state index in [1.54, 1.807) is 0 Å². The maximum atomic E-state index is 9.78. The molecule has 0 aromatic rings. The van der Waals surface area contributed by atoms with Crippen LogP contribution < -0.4 is 0 Å². The topological polar surface area (TPSA) is 29.5 Å². The minimum absolute atomic E-state index is 0.0600. The summed E-state index contributed by atoms with van der Waals surface area (Å²) in [7, 11) is 0. The van der Waals surface area contributed by atoms with Crippen molar-refractivity contribution in [3.8, 4) is 0 Å². The van der Waals surface area contributed by atoms with Crippen LogP contribution in [0.25, 0.3) is 0 Å². The average molecular weight is 216 g/mol. The van der Waals surface area contributed by atoms with Gasteiger partial charge in [0.1, 0.15) is 0 Å². The molecule has 3 heteroatoms. The average Bonchev–Trinajstić information content (AvgIpc) is 2.69. The molecule has 2 nitrogen and oxygen atoms in total. The first-order valence-electron chi connectivity index (χ1n) is 5.77. The van der Waals surface area contributed by atoms with Gasteiger partial charge in [-0.2, -0.15) is 11.8 Å². The Morgan fingerprint density at radius 3 is 2.71 bits per heavy atom. The van der Waals surface area contributed by atoms with Crippen LogP contribution in [-0.2, 0) is 4.74 Å². The largest absolute Gasteiger partial charge is 0.392 e. The smallest absolute Gasteiger partial charge is 0.0666 e. The van der Waals surface area contributed by atoms with Gasteiger partial charge >= 0.3 is 0 Å². The van der Waals surface area contributed by atoms with Gasteiger partial charge in [-0.3, -0.25) is 0 Å². The van der Waals surface area contributed by atoms with Gasteiger partial charge in [0.25, 0.3) is 0 Å². The van der Waals surface area contributed by atoms with Crippen LogP contribution in [0.3, 0.4) is 0 Å². The summed E-state index contributed by atoms with van der Waals surface area (Å²) in [6, 6.07) is 0. The molecule has 0 aromatic carbocycles. The van der Waals surface area contributed by atoms with E-state index in [4.69, 9.17) is 4.74 Å². The van der Waals surface area contributed by atoms with E-state index in [9.17, 15) is 5.11 Å². The Hall–Kier alpha value is 0.270. The molecule has 1 unspecified atom stereocenters. The van der Waals surface area contributed by atoms with Gasteiger partial charge in [0.15, 0.2) is 0 Å². The lowest BCUT2D eigenvalue weighted by atomic mass is 9.97. The monoisotopic (exact) mass is 216 g/mol. The summed E-state index contributed by atoms with van der Waals surface area (Å²) in [5, 5.41) is 10.3. The Morgan fingerprint density at radius 1 is 1.14 bits per heavy atom. The predicted octanol–water partition coefficient (Wildman–Crippen LogP) is 2.20. The van der Waals surface area contributed by atoms with Gasteiger partial charge in [-0.25, -0.2) is 0 Å².